The van der Waals surface area contributed by atoms with Gasteiger partial charge in [0.15, 0.2) is 5.16 Å². The normalized spacial score (nSPS) is 12.7. The van der Waals surface area contributed by atoms with Gasteiger partial charge in [0.05, 0.1) is 12.9 Å². The van der Waals surface area contributed by atoms with Crippen LogP contribution in [0.5, 0.6) is 5.75 Å². The molecule has 0 saturated carbocycles. The minimum atomic E-state index is -0.0534. The second-order valence-electron chi connectivity index (χ2n) is 7.00. The number of hydrogen-bond donors (Lipinski definition) is 1. The minimum Gasteiger partial charge on any atom is -0.497 e. The van der Waals surface area contributed by atoms with Gasteiger partial charge in [0.2, 0.25) is 11.9 Å². The van der Waals surface area contributed by atoms with Crippen LogP contribution in [0, 0.1) is 13.8 Å². The zero-order valence-corrected chi connectivity index (χ0v) is 17.5. The number of carbonyl (C=O) groups is 1. The van der Waals surface area contributed by atoms with Gasteiger partial charge < -0.3 is 15.0 Å². The van der Waals surface area contributed by atoms with Gasteiger partial charge in [0, 0.05) is 24.5 Å². The van der Waals surface area contributed by atoms with Crippen molar-refractivity contribution in [2.45, 2.75) is 25.5 Å². The van der Waals surface area contributed by atoms with Crippen molar-refractivity contribution in [3.8, 4) is 5.75 Å². The molecule has 1 amide bonds. The van der Waals surface area contributed by atoms with Gasteiger partial charge in [-0.25, -0.2) is 0 Å². The Hall–Kier alpha value is -3.00. The number of ether oxygens (including phenoxy) is 1. The van der Waals surface area contributed by atoms with Crippen molar-refractivity contribution < 1.29 is 9.53 Å². The first-order valence-electron chi connectivity index (χ1n) is 9.39. The minimum absolute atomic E-state index is 0.0534. The van der Waals surface area contributed by atoms with E-state index in [4.69, 9.17) is 4.74 Å². The lowest BCUT2D eigenvalue weighted by molar-refractivity contribution is -0.113. The number of nitrogens with one attached hydrogen (secondary N) is 1. The number of aryl methyl sites for hydroxylation is 2. The number of nitrogens with zero attached hydrogens (tertiary/aromatic N) is 4. The fraction of sp³-hybridized carbons (Fsp3) is 0.286. The molecule has 7 nitrogen and oxygen atoms in total. The van der Waals surface area contributed by atoms with Crippen LogP contribution < -0.4 is 15.0 Å². The molecule has 3 aromatic rings. The number of carbonyl (C=O) groups excluding carboxylic acids is 1. The molecule has 1 aromatic heterocycles. The number of thioether (sulfide) groups is 1. The van der Waals surface area contributed by atoms with E-state index in [1.165, 1.54) is 11.8 Å². The highest BCUT2D eigenvalue weighted by Gasteiger charge is 2.26. The van der Waals surface area contributed by atoms with E-state index in [2.05, 4.69) is 31.0 Å². The van der Waals surface area contributed by atoms with Crippen molar-refractivity contribution in [3.05, 3.63) is 53.6 Å². The summed E-state index contributed by atoms with van der Waals surface area (Å²) >= 11 is 1.40. The average molecular weight is 410 g/mol. The quantitative estimate of drug-likeness (QED) is 0.625. The number of methoxy groups -OCH3 is 1. The summed E-state index contributed by atoms with van der Waals surface area (Å²) in [5, 5.41) is 12.3. The monoisotopic (exact) mass is 409 g/mol. The number of hydrogen-bond acceptors (Lipinski definition) is 6. The molecule has 150 valence electrons. The summed E-state index contributed by atoms with van der Waals surface area (Å²) in [5.74, 6) is 1.85. The van der Waals surface area contributed by atoms with Gasteiger partial charge in [-0.05, 0) is 61.4 Å². The van der Waals surface area contributed by atoms with Crippen LogP contribution in [-0.2, 0) is 11.3 Å². The number of fused-ring (bicyclic) bond motifs is 1. The topological polar surface area (TPSA) is 72.3 Å². The highest BCUT2D eigenvalue weighted by Crippen LogP contribution is 2.32. The zero-order valence-electron chi connectivity index (χ0n) is 16.7. The Kier molecular flexibility index (Phi) is 5.44. The summed E-state index contributed by atoms with van der Waals surface area (Å²) in [6.45, 7) is 5.64. The van der Waals surface area contributed by atoms with E-state index in [9.17, 15) is 4.79 Å². The maximum absolute atomic E-state index is 12.4. The summed E-state index contributed by atoms with van der Waals surface area (Å²) in [6, 6.07) is 13.9. The van der Waals surface area contributed by atoms with Gasteiger partial charge in [-0.1, -0.05) is 17.8 Å². The molecule has 2 aromatic carbocycles. The Labute approximate surface area is 174 Å². The summed E-state index contributed by atoms with van der Waals surface area (Å²) in [7, 11) is 1.65. The number of anilines is 3. The first-order valence-corrected chi connectivity index (χ1v) is 10.4. The third-order valence-corrected chi connectivity index (χ3v) is 5.67. The SMILES string of the molecule is COc1ccc(N2CCn3c(SCC(=O)Nc4cc(C)cc(C)c4)nnc32)cc1. The first kappa shape index (κ1) is 19.3. The summed E-state index contributed by atoms with van der Waals surface area (Å²) in [6.07, 6.45) is 0. The molecule has 0 bridgehead atoms. The van der Waals surface area contributed by atoms with E-state index >= 15 is 0 Å². The highest BCUT2D eigenvalue weighted by molar-refractivity contribution is 7.99. The largest absolute Gasteiger partial charge is 0.497 e. The first-order chi connectivity index (χ1) is 14.0. The molecule has 0 aliphatic carbocycles. The molecule has 1 aliphatic rings. The van der Waals surface area contributed by atoms with Crippen LogP contribution in [0.1, 0.15) is 11.1 Å². The Balaban J connectivity index is 1.40. The Morgan fingerprint density at radius 1 is 1.10 bits per heavy atom. The molecule has 0 spiro atoms. The lowest BCUT2D eigenvalue weighted by atomic mass is 10.1. The maximum atomic E-state index is 12.4. The van der Waals surface area contributed by atoms with E-state index in [1.54, 1.807) is 7.11 Å². The fourth-order valence-corrected chi connectivity index (χ4v) is 4.22. The number of aromatic nitrogens is 3. The summed E-state index contributed by atoms with van der Waals surface area (Å²) in [5.41, 5.74) is 4.12. The molecular weight excluding hydrogens is 386 g/mol. The standard InChI is InChI=1S/C21H23N5O2S/c1-14-10-15(2)12-16(11-14)22-19(27)13-29-21-24-23-20-25(8-9-26(20)21)17-4-6-18(28-3)7-5-17/h4-7,10-12H,8-9,13H2,1-3H3,(H,22,27). The lowest BCUT2D eigenvalue weighted by Gasteiger charge is -2.15. The van der Waals surface area contributed by atoms with Gasteiger partial charge in [-0.2, -0.15) is 0 Å². The molecule has 0 unspecified atom stereocenters. The molecule has 1 N–H and O–H groups in total. The molecule has 2 heterocycles. The van der Waals surface area contributed by atoms with E-state index in [-0.39, 0.29) is 11.7 Å². The molecular formula is C21H23N5O2S. The molecule has 0 radical (unpaired) electrons. The van der Waals surface area contributed by atoms with Crippen molar-refractivity contribution in [2.75, 3.05) is 29.6 Å². The van der Waals surface area contributed by atoms with Crippen molar-refractivity contribution in [1.29, 1.82) is 0 Å². The van der Waals surface area contributed by atoms with Crippen LogP contribution in [-0.4, -0.2) is 40.1 Å². The number of amides is 1. The molecule has 8 heteroatoms. The third kappa shape index (κ3) is 4.22. The Morgan fingerprint density at radius 3 is 2.52 bits per heavy atom. The number of benzene rings is 2. The van der Waals surface area contributed by atoms with Gasteiger partial charge in [0.25, 0.3) is 0 Å². The third-order valence-electron chi connectivity index (χ3n) is 4.71. The predicted octanol–water partition coefficient (Wildman–Crippen LogP) is 3.79. The molecule has 29 heavy (non-hydrogen) atoms. The lowest BCUT2D eigenvalue weighted by Crippen LogP contribution is -2.15. The van der Waals surface area contributed by atoms with Crippen molar-refractivity contribution >= 4 is 35.0 Å². The van der Waals surface area contributed by atoms with Crippen molar-refractivity contribution in [2.24, 2.45) is 0 Å². The second-order valence-corrected chi connectivity index (χ2v) is 7.94. The van der Waals surface area contributed by atoms with Crippen LogP contribution in [0.2, 0.25) is 0 Å². The van der Waals surface area contributed by atoms with E-state index in [0.29, 0.717) is 0 Å². The van der Waals surface area contributed by atoms with E-state index in [0.717, 1.165) is 52.4 Å². The van der Waals surface area contributed by atoms with Crippen LogP contribution in [0.4, 0.5) is 17.3 Å². The van der Waals surface area contributed by atoms with Gasteiger partial charge in [-0.3, -0.25) is 9.36 Å². The second kappa shape index (κ2) is 8.16. The molecule has 0 atom stereocenters. The smallest absolute Gasteiger partial charge is 0.234 e. The highest BCUT2D eigenvalue weighted by atomic mass is 32.2. The van der Waals surface area contributed by atoms with E-state index in [1.807, 2.05) is 50.2 Å². The zero-order chi connectivity index (χ0) is 20.4. The Morgan fingerprint density at radius 2 is 1.83 bits per heavy atom. The van der Waals surface area contributed by atoms with Crippen LogP contribution in [0.25, 0.3) is 0 Å². The average Bonchev–Trinajstić information content (AvgIpc) is 3.28. The van der Waals surface area contributed by atoms with Gasteiger partial charge in [0.1, 0.15) is 5.75 Å². The number of rotatable bonds is 6. The van der Waals surface area contributed by atoms with Gasteiger partial charge >= 0.3 is 0 Å². The van der Waals surface area contributed by atoms with Crippen LogP contribution in [0.15, 0.2) is 47.6 Å². The van der Waals surface area contributed by atoms with Crippen molar-refractivity contribution in [1.82, 2.24) is 14.8 Å². The molecule has 0 fully saturated rings. The molecule has 4 rings (SSSR count). The Bertz CT molecular complexity index is 1010. The van der Waals surface area contributed by atoms with Crippen molar-refractivity contribution in [3.63, 3.8) is 0 Å². The summed E-state index contributed by atoms with van der Waals surface area (Å²) < 4.78 is 7.28. The van der Waals surface area contributed by atoms with Crippen LogP contribution >= 0.6 is 11.8 Å². The maximum Gasteiger partial charge on any atom is 0.234 e. The molecule has 1 aliphatic heterocycles. The van der Waals surface area contributed by atoms with Gasteiger partial charge in [-0.15, -0.1) is 10.2 Å². The van der Waals surface area contributed by atoms with Crippen LogP contribution in [0.3, 0.4) is 0 Å². The summed E-state index contributed by atoms with van der Waals surface area (Å²) in [4.78, 5) is 14.5. The predicted molar refractivity (Wildman–Crippen MR) is 115 cm³/mol. The fourth-order valence-electron chi connectivity index (χ4n) is 3.46. The molecule has 0 saturated heterocycles. The van der Waals surface area contributed by atoms with E-state index < -0.39 is 0 Å².